The average Bonchev–Trinajstić information content (AvgIpc) is 3.82. The second-order valence-electron chi connectivity index (χ2n) is 14.0. The van der Waals surface area contributed by atoms with Crippen molar-refractivity contribution in [1.29, 1.82) is 0 Å². The topological polar surface area (TPSA) is 26.3 Å². The van der Waals surface area contributed by atoms with Gasteiger partial charge in [-0.05, 0) is 84.8 Å². The first-order valence-corrected chi connectivity index (χ1v) is 18.4. The second-order valence-corrected chi connectivity index (χ2v) is 14.0. The molecule has 54 heavy (non-hydrogen) atoms. The summed E-state index contributed by atoms with van der Waals surface area (Å²) in [6.07, 6.45) is 0. The lowest BCUT2D eigenvalue weighted by atomic mass is 9.85. The molecular formula is C52H32O2. The molecule has 2 heteroatoms. The quantitative estimate of drug-likeness (QED) is 0.168. The molecule has 0 spiro atoms. The van der Waals surface area contributed by atoms with Crippen LogP contribution in [0.15, 0.2) is 203 Å². The predicted molar refractivity (Wildman–Crippen MR) is 226 cm³/mol. The molecule has 2 aromatic heterocycles. The molecule has 11 aromatic rings. The number of furan rings is 2. The van der Waals surface area contributed by atoms with Crippen molar-refractivity contribution in [3.8, 4) is 55.8 Å². The van der Waals surface area contributed by atoms with Gasteiger partial charge < -0.3 is 8.83 Å². The number of hydrogen-bond donors (Lipinski definition) is 0. The van der Waals surface area contributed by atoms with Crippen LogP contribution in [0.5, 0.6) is 0 Å². The molecule has 0 fully saturated rings. The van der Waals surface area contributed by atoms with Crippen molar-refractivity contribution in [2.45, 2.75) is 0 Å². The van der Waals surface area contributed by atoms with E-state index in [1.807, 2.05) is 12.1 Å². The van der Waals surface area contributed by atoms with Gasteiger partial charge in [0.2, 0.25) is 0 Å². The molecule has 11 rings (SSSR count). The number of benzene rings is 9. The first kappa shape index (κ1) is 30.5. The molecule has 0 aliphatic rings. The molecule has 0 saturated heterocycles. The van der Waals surface area contributed by atoms with Gasteiger partial charge in [-0.1, -0.05) is 170 Å². The van der Waals surface area contributed by atoms with E-state index < -0.39 is 0 Å². The molecule has 2 heterocycles. The Bertz CT molecular complexity index is 3110. The van der Waals surface area contributed by atoms with Gasteiger partial charge >= 0.3 is 0 Å². The highest BCUT2D eigenvalue weighted by molar-refractivity contribution is 6.24. The lowest BCUT2D eigenvalue weighted by molar-refractivity contribution is 0.631. The summed E-state index contributed by atoms with van der Waals surface area (Å²) in [5, 5.41) is 8.06. The Kier molecular flexibility index (Phi) is 6.90. The van der Waals surface area contributed by atoms with Gasteiger partial charge in [-0.15, -0.1) is 0 Å². The Labute approximate surface area is 312 Å². The predicted octanol–water partition coefficient (Wildman–Crippen LogP) is 15.0. The van der Waals surface area contributed by atoms with Crippen molar-refractivity contribution >= 4 is 54.5 Å². The SMILES string of the molecule is c1ccc(-c2ccc(-c3c4ccccc4c(-c4ccc5oc6c(ccc7oc(-c8ccccc8)c(-c8ccccc8)c76)c5c4)c4ccccc34)cc2)cc1. The molecule has 0 aliphatic carbocycles. The van der Waals surface area contributed by atoms with Crippen LogP contribution in [-0.4, -0.2) is 0 Å². The zero-order chi connectivity index (χ0) is 35.6. The summed E-state index contributed by atoms with van der Waals surface area (Å²) in [5.74, 6) is 0.846. The Morgan fingerprint density at radius 3 is 1.31 bits per heavy atom. The van der Waals surface area contributed by atoms with Crippen LogP contribution < -0.4 is 0 Å². The average molecular weight is 689 g/mol. The maximum absolute atomic E-state index is 6.80. The normalized spacial score (nSPS) is 11.7. The monoisotopic (exact) mass is 688 g/mol. The summed E-state index contributed by atoms with van der Waals surface area (Å²) in [4.78, 5) is 0. The Hall–Kier alpha value is -7.16. The van der Waals surface area contributed by atoms with Crippen molar-refractivity contribution < 1.29 is 8.83 Å². The van der Waals surface area contributed by atoms with Crippen LogP contribution in [0, 0.1) is 0 Å². The van der Waals surface area contributed by atoms with E-state index in [0.29, 0.717) is 0 Å². The van der Waals surface area contributed by atoms with E-state index >= 15 is 0 Å². The van der Waals surface area contributed by atoms with Crippen molar-refractivity contribution in [3.63, 3.8) is 0 Å². The zero-order valence-corrected chi connectivity index (χ0v) is 29.3. The van der Waals surface area contributed by atoms with Gasteiger partial charge in [0.05, 0.1) is 5.39 Å². The molecule has 252 valence electrons. The third kappa shape index (κ3) is 4.74. The summed E-state index contributed by atoms with van der Waals surface area (Å²) in [6.45, 7) is 0. The molecule has 0 saturated carbocycles. The van der Waals surface area contributed by atoms with Crippen LogP contribution in [-0.2, 0) is 0 Å². The largest absolute Gasteiger partial charge is 0.455 e. The van der Waals surface area contributed by atoms with Gasteiger partial charge in [0, 0.05) is 21.9 Å². The highest BCUT2D eigenvalue weighted by Gasteiger charge is 2.23. The number of rotatable bonds is 5. The maximum Gasteiger partial charge on any atom is 0.147 e. The number of hydrogen-bond acceptors (Lipinski definition) is 2. The fourth-order valence-corrected chi connectivity index (χ4v) is 8.46. The zero-order valence-electron chi connectivity index (χ0n) is 29.3. The van der Waals surface area contributed by atoms with Crippen LogP contribution >= 0.6 is 0 Å². The van der Waals surface area contributed by atoms with E-state index in [2.05, 4.69) is 182 Å². The van der Waals surface area contributed by atoms with Gasteiger partial charge in [0.15, 0.2) is 0 Å². The maximum atomic E-state index is 6.80. The van der Waals surface area contributed by atoms with Crippen molar-refractivity contribution in [1.82, 2.24) is 0 Å². The third-order valence-corrected chi connectivity index (χ3v) is 10.9. The molecule has 0 bridgehead atoms. The Morgan fingerprint density at radius 2 is 0.704 bits per heavy atom. The molecule has 0 aliphatic heterocycles. The highest BCUT2D eigenvalue weighted by atomic mass is 16.3. The van der Waals surface area contributed by atoms with Crippen LogP contribution in [0.25, 0.3) is 110 Å². The molecular weight excluding hydrogens is 657 g/mol. The summed E-state index contributed by atoms with van der Waals surface area (Å²) < 4.78 is 13.5. The van der Waals surface area contributed by atoms with E-state index in [-0.39, 0.29) is 0 Å². The lowest BCUT2D eigenvalue weighted by Gasteiger charge is -2.18. The van der Waals surface area contributed by atoms with Gasteiger partial charge in [-0.25, -0.2) is 0 Å². The van der Waals surface area contributed by atoms with Crippen LogP contribution in [0.4, 0.5) is 0 Å². The summed E-state index contributed by atoms with van der Waals surface area (Å²) >= 11 is 0. The molecule has 2 nitrogen and oxygen atoms in total. The first-order valence-electron chi connectivity index (χ1n) is 18.4. The van der Waals surface area contributed by atoms with E-state index in [1.54, 1.807) is 0 Å². The van der Waals surface area contributed by atoms with Crippen molar-refractivity contribution in [3.05, 3.63) is 194 Å². The Morgan fingerprint density at radius 1 is 0.259 bits per heavy atom. The van der Waals surface area contributed by atoms with Crippen LogP contribution in [0.1, 0.15) is 0 Å². The molecule has 0 radical (unpaired) electrons. The standard InChI is InChI=1S/C52H32O2/c1-4-14-33(15-5-1)34-24-26-36(27-25-34)47-39-20-10-12-22-41(39)48(42-23-13-11-21-40(42)47)38-28-30-45-44(32-38)43-29-31-46-50(52(43)53-45)49(35-16-6-2-7-17-35)51(54-46)37-18-8-3-9-19-37/h1-32H. The van der Waals surface area contributed by atoms with E-state index in [0.717, 1.165) is 60.9 Å². The van der Waals surface area contributed by atoms with E-state index in [9.17, 15) is 0 Å². The van der Waals surface area contributed by atoms with Gasteiger partial charge in [0.1, 0.15) is 22.5 Å². The van der Waals surface area contributed by atoms with Crippen LogP contribution in [0.2, 0.25) is 0 Å². The summed E-state index contributed by atoms with van der Waals surface area (Å²) in [5.41, 5.74) is 13.0. The van der Waals surface area contributed by atoms with Gasteiger partial charge in [0.25, 0.3) is 0 Å². The minimum absolute atomic E-state index is 0.809. The van der Waals surface area contributed by atoms with E-state index in [1.165, 1.54) is 49.4 Å². The minimum Gasteiger partial charge on any atom is -0.455 e. The molecule has 0 amide bonds. The van der Waals surface area contributed by atoms with Crippen molar-refractivity contribution in [2.75, 3.05) is 0 Å². The summed E-state index contributed by atoms with van der Waals surface area (Å²) in [7, 11) is 0. The Balaban J connectivity index is 1.13. The fourth-order valence-electron chi connectivity index (χ4n) is 8.46. The fraction of sp³-hybridized carbons (Fsp3) is 0. The second kappa shape index (κ2) is 12.2. The smallest absolute Gasteiger partial charge is 0.147 e. The number of fused-ring (bicyclic) bond motifs is 7. The third-order valence-electron chi connectivity index (χ3n) is 10.9. The van der Waals surface area contributed by atoms with Crippen molar-refractivity contribution in [2.24, 2.45) is 0 Å². The molecule has 0 N–H and O–H groups in total. The molecule has 0 atom stereocenters. The minimum atomic E-state index is 0.809. The van der Waals surface area contributed by atoms with Gasteiger partial charge in [-0.2, -0.15) is 0 Å². The van der Waals surface area contributed by atoms with E-state index in [4.69, 9.17) is 8.83 Å². The lowest BCUT2D eigenvalue weighted by Crippen LogP contribution is -1.91. The van der Waals surface area contributed by atoms with Crippen LogP contribution in [0.3, 0.4) is 0 Å². The molecule has 9 aromatic carbocycles. The van der Waals surface area contributed by atoms with Gasteiger partial charge in [-0.3, -0.25) is 0 Å². The first-order chi connectivity index (χ1) is 26.8. The summed E-state index contributed by atoms with van der Waals surface area (Å²) in [6, 6.07) is 69.0. The highest BCUT2D eigenvalue weighted by Crippen LogP contribution is 2.48. The molecule has 0 unspecified atom stereocenters.